The molecule has 4 nitrogen and oxygen atoms in total. The minimum absolute atomic E-state index is 0. The molecule has 0 aliphatic carbocycles. The maximum Gasteiger partial charge on any atom is 0.290 e. The standard InChI is InChI=1S/C21H22N2O2S2.ClH/c24-21(23-14-7-8-15(23)12-22-10-9-14)20-17(13-27-19-6-3-11-26-19)16-4-1-2-5-18(16)25-20;/h1-6,11,14-15,22H,7-10,12-13H2;1H. The molecule has 3 aromatic rings. The molecular formula is C21H23ClN2O2S2. The Kier molecular flexibility index (Phi) is 6.01. The van der Waals surface area contributed by atoms with Gasteiger partial charge in [-0.05, 0) is 43.3 Å². The Morgan fingerprint density at radius 2 is 2.04 bits per heavy atom. The Hall–Kier alpha value is -1.47. The van der Waals surface area contributed by atoms with Crippen LogP contribution in [0.25, 0.3) is 11.0 Å². The van der Waals surface area contributed by atoms with Crippen LogP contribution in [0, 0.1) is 0 Å². The summed E-state index contributed by atoms with van der Waals surface area (Å²) in [6.07, 6.45) is 3.22. The smallest absolute Gasteiger partial charge is 0.290 e. The molecule has 2 aliphatic rings. The highest BCUT2D eigenvalue weighted by atomic mass is 35.5. The van der Waals surface area contributed by atoms with Crippen molar-refractivity contribution < 1.29 is 9.21 Å². The molecule has 1 aromatic carbocycles. The lowest BCUT2D eigenvalue weighted by Gasteiger charge is -2.27. The molecule has 0 spiro atoms. The average Bonchev–Trinajstić information content (AvgIpc) is 3.36. The first kappa shape index (κ1) is 19.8. The molecule has 5 rings (SSSR count). The first-order valence-electron chi connectivity index (χ1n) is 9.51. The number of hydrogen-bond acceptors (Lipinski definition) is 5. The lowest BCUT2D eigenvalue weighted by Crippen LogP contribution is -2.42. The second-order valence-corrected chi connectivity index (χ2v) is 9.44. The summed E-state index contributed by atoms with van der Waals surface area (Å²) in [4.78, 5) is 15.7. The Morgan fingerprint density at radius 1 is 1.18 bits per heavy atom. The van der Waals surface area contributed by atoms with Gasteiger partial charge in [-0.3, -0.25) is 4.79 Å². The summed E-state index contributed by atoms with van der Waals surface area (Å²) in [5.41, 5.74) is 1.84. The van der Waals surface area contributed by atoms with Gasteiger partial charge in [0.25, 0.3) is 5.91 Å². The molecule has 2 aromatic heterocycles. The largest absolute Gasteiger partial charge is 0.451 e. The van der Waals surface area contributed by atoms with E-state index in [0.717, 1.165) is 54.6 Å². The first-order valence-corrected chi connectivity index (χ1v) is 11.4. The molecule has 2 fully saturated rings. The number of thioether (sulfide) groups is 1. The predicted octanol–water partition coefficient (Wildman–Crippen LogP) is 5.17. The monoisotopic (exact) mass is 434 g/mol. The minimum atomic E-state index is 0. The van der Waals surface area contributed by atoms with Gasteiger partial charge >= 0.3 is 0 Å². The highest BCUT2D eigenvalue weighted by Gasteiger charge is 2.40. The van der Waals surface area contributed by atoms with Crippen LogP contribution in [0.15, 0.2) is 50.4 Å². The molecule has 1 amide bonds. The van der Waals surface area contributed by atoms with Crippen molar-refractivity contribution in [2.75, 3.05) is 13.1 Å². The molecule has 0 radical (unpaired) electrons. The van der Waals surface area contributed by atoms with Gasteiger partial charge in [0.15, 0.2) is 5.76 Å². The summed E-state index contributed by atoms with van der Waals surface area (Å²) in [5, 5.41) is 6.62. The Bertz CT molecular complexity index is 943. The van der Waals surface area contributed by atoms with Crippen molar-refractivity contribution in [2.24, 2.45) is 0 Å². The van der Waals surface area contributed by atoms with Gasteiger partial charge in [0.05, 0.1) is 4.21 Å². The fourth-order valence-corrected chi connectivity index (χ4v) is 6.15. The van der Waals surface area contributed by atoms with Crippen molar-refractivity contribution in [3.63, 3.8) is 0 Å². The molecule has 2 bridgehead atoms. The van der Waals surface area contributed by atoms with E-state index in [1.165, 1.54) is 4.21 Å². The summed E-state index contributed by atoms with van der Waals surface area (Å²) in [5.74, 6) is 1.36. The van der Waals surface area contributed by atoms with Gasteiger partial charge in [0.2, 0.25) is 0 Å². The van der Waals surface area contributed by atoms with Gasteiger partial charge in [-0.1, -0.05) is 24.3 Å². The molecule has 28 heavy (non-hydrogen) atoms. The number of halogens is 1. The van der Waals surface area contributed by atoms with E-state index in [1.54, 1.807) is 23.1 Å². The van der Waals surface area contributed by atoms with Crippen LogP contribution in [0.1, 0.15) is 35.4 Å². The molecule has 2 atom stereocenters. The third-order valence-electron chi connectivity index (χ3n) is 5.64. The van der Waals surface area contributed by atoms with Crippen molar-refractivity contribution >= 4 is 52.4 Å². The van der Waals surface area contributed by atoms with Crippen LogP contribution in [0.5, 0.6) is 0 Å². The molecule has 2 saturated heterocycles. The van der Waals surface area contributed by atoms with E-state index in [0.29, 0.717) is 11.8 Å². The summed E-state index contributed by atoms with van der Waals surface area (Å²) >= 11 is 3.51. The van der Waals surface area contributed by atoms with Crippen LogP contribution in [0.2, 0.25) is 0 Å². The Labute approximate surface area is 179 Å². The Morgan fingerprint density at radius 3 is 2.89 bits per heavy atom. The predicted molar refractivity (Wildman–Crippen MR) is 118 cm³/mol. The van der Waals surface area contributed by atoms with Crippen molar-refractivity contribution in [3.8, 4) is 0 Å². The molecule has 4 heterocycles. The van der Waals surface area contributed by atoms with Crippen molar-refractivity contribution in [3.05, 3.63) is 53.1 Å². The van der Waals surface area contributed by atoms with Gasteiger partial charge in [-0.25, -0.2) is 0 Å². The zero-order valence-corrected chi connectivity index (χ0v) is 17.9. The van der Waals surface area contributed by atoms with Gasteiger partial charge in [0.1, 0.15) is 5.58 Å². The maximum absolute atomic E-state index is 13.6. The van der Waals surface area contributed by atoms with E-state index < -0.39 is 0 Å². The number of hydrogen-bond donors (Lipinski definition) is 1. The van der Waals surface area contributed by atoms with E-state index in [9.17, 15) is 4.79 Å². The van der Waals surface area contributed by atoms with Gasteiger partial charge in [0, 0.05) is 35.3 Å². The third kappa shape index (κ3) is 3.59. The van der Waals surface area contributed by atoms with E-state index in [2.05, 4.69) is 33.8 Å². The number of carbonyl (C=O) groups is 1. The van der Waals surface area contributed by atoms with E-state index in [-0.39, 0.29) is 24.4 Å². The van der Waals surface area contributed by atoms with Crippen LogP contribution < -0.4 is 5.32 Å². The van der Waals surface area contributed by atoms with Crippen LogP contribution >= 0.6 is 35.5 Å². The summed E-state index contributed by atoms with van der Waals surface area (Å²) in [6.45, 7) is 1.88. The first-order chi connectivity index (χ1) is 13.3. The highest BCUT2D eigenvalue weighted by Crippen LogP contribution is 2.36. The van der Waals surface area contributed by atoms with Gasteiger partial charge in [-0.15, -0.1) is 35.5 Å². The van der Waals surface area contributed by atoms with E-state index in [1.807, 2.05) is 18.2 Å². The molecule has 1 N–H and O–H groups in total. The van der Waals surface area contributed by atoms with Crippen LogP contribution in [0.3, 0.4) is 0 Å². The number of furan rings is 1. The number of benzene rings is 1. The molecule has 148 valence electrons. The fourth-order valence-electron chi connectivity index (χ4n) is 4.33. The molecule has 7 heteroatoms. The number of carbonyl (C=O) groups excluding carboxylic acids is 1. The normalized spacial score (nSPS) is 21.5. The van der Waals surface area contributed by atoms with Crippen LogP contribution in [0.4, 0.5) is 0 Å². The minimum Gasteiger partial charge on any atom is -0.451 e. The van der Waals surface area contributed by atoms with Gasteiger partial charge < -0.3 is 14.6 Å². The number of fused-ring (bicyclic) bond motifs is 3. The zero-order valence-electron chi connectivity index (χ0n) is 15.4. The quantitative estimate of drug-likeness (QED) is 0.575. The third-order valence-corrected chi connectivity index (χ3v) is 7.79. The maximum atomic E-state index is 13.6. The average molecular weight is 435 g/mol. The van der Waals surface area contributed by atoms with Crippen molar-refractivity contribution in [1.29, 1.82) is 0 Å². The SMILES string of the molecule is Cl.O=C(c1oc2ccccc2c1CSc1cccs1)N1C2CCNCC1CC2. The number of para-hydroxylation sites is 1. The number of thiophene rings is 1. The fraction of sp³-hybridized carbons (Fsp3) is 0.381. The molecule has 2 unspecified atom stereocenters. The Balaban J connectivity index is 0.00000192. The molecule has 2 aliphatic heterocycles. The second kappa shape index (κ2) is 8.49. The molecular weight excluding hydrogens is 412 g/mol. The second-order valence-electron chi connectivity index (χ2n) is 7.22. The van der Waals surface area contributed by atoms with Crippen LogP contribution in [-0.2, 0) is 5.75 Å². The van der Waals surface area contributed by atoms with Crippen molar-refractivity contribution in [1.82, 2.24) is 10.2 Å². The lowest BCUT2D eigenvalue weighted by molar-refractivity contribution is 0.0648. The summed E-state index contributed by atoms with van der Waals surface area (Å²) in [7, 11) is 0. The lowest BCUT2D eigenvalue weighted by atomic mass is 10.1. The number of nitrogens with zero attached hydrogens (tertiary/aromatic N) is 1. The molecule has 0 saturated carbocycles. The highest BCUT2D eigenvalue weighted by molar-refractivity contribution is 8.00. The van der Waals surface area contributed by atoms with E-state index >= 15 is 0 Å². The van der Waals surface area contributed by atoms with Crippen LogP contribution in [-0.4, -0.2) is 36.0 Å². The summed E-state index contributed by atoms with van der Waals surface area (Å²) < 4.78 is 7.39. The number of rotatable bonds is 4. The number of nitrogens with one attached hydrogen (secondary N) is 1. The van der Waals surface area contributed by atoms with E-state index in [4.69, 9.17) is 4.42 Å². The zero-order chi connectivity index (χ0) is 18.2. The number of amides is 1. The van der Waals surface area contributed by atoms with Crippen molar-refractivity contribution in [2.45, 2.75) is 41.3 Å². The van der Waals surface area contributed by atoms with Gasteiger partial charge in [-0.2, -0.15) is 0 Å². The topological polar surface area (TPSA) is 45.5 Å². The summed E-state index contributed by atoms with van der Waals surface area (Å²) in [6, 6.07) is 12.8.